The Morgan fingerprint density at radius 3 is 2.50 bits per heavy atom. The van der Waals surface area contributed by atoms with Crippen molar-refractivity contribution in [3.05, 3.63) is 52.3 Å². The number of hydrogen-bond donors (Lipinski definition) is 1. The van der Waals surface area contributed by atoms with E-state index in [-0.39, 0.29) is 23.1 Å². The summed E-state index contributed by atoms with van der Waals surface area (Å²) in [7, 11) is 0. The molecule has 34 heavy (non-hydrogen) atoms. The van der Waals surface area contributed by atoms with Crippen molar-refractivity contribution in [1.82, 2.24) is 14.9 Å². The zero-order valence-electron chi connectivity index (χ0n) is 18.9. The number of fused-ring (bicyclic) bond motifs is 1. The van der Waals surface area contributed by atoms with Crippen LogP contribution < -0.4 is 5.32 Å². The molecule has 2 heterocycles. The van der Waals surface area contributed by atoms with E-state index in [1.165, 1.54) is 12.5 Å². The molecule has 1 amide bonds. The molecule has 1 saturated heterocycles. The van der Waals surface area contributed by atoms with E-state index in [1.807, 2.05) is 16.7 Å². The van der Waals surface area contributed by atoms with Gasteiger partial charge in [0.05, 0.1) is 22.2 Å². The first-order valence-electron chi connectivity index (χ1n) is 12.1. The van der Waals surface area contributed by atoms with Gasteiger partial charge in [-0.3, -0.25) is 4.79 Å². The largest absolute Gasteiger partial charge is 0.376 e. The van der Waals surface area contributed by atoms with E-state index in [0.29, 0.717) is 28.5 Å². The predicted octanol–water partition coefficient (Wildman–Crippen LogP) is 6.71. The van der Waals surface area contributed by atoms with Gasteiger partial charge in [0.15, 0.2) is 0 Å². The van der Waals surface area contributed by atoms with Gasteiger partial charge in [0.2, 0.25) is 5.91 Å². The van der Waals surface area contributed by atoms with Gasteiger partial charge in [-0.05, 0) is 62.4 Å². The maximum atomic E-state index is 14.4. The fourth-order valence-electron chi connectivity index (χ4n) is 5.18. The van der Waals surface area contributed by atoms with Crippen molar-refractivity contribution >= 4 is 40.1 Å². The second-order valence-electron chi connectivity index (χ2n) is 9.26. The van der Waals surface area contributed by atoms with Crippen molar-refractivity contribution in [2.24, 2.45) is 0 Å². The maximum absolute atomic E-state index is 14.4. The first-order chi connectivity index (χ1) is 16.5. The topological polar surface area (TPSA) is 56.1 Å². The number of nitrogens with zero attached hydrogens (tertiary/aromatic N) is 2. The van der Waals surface area contributed by atoms with Crippen LogP contribution in [-0.4, -0.2) is 34.2 Å². The summed E-state index contributed by atoms with van der Waals surface area (Å²) < 4.78 is 22.4. The van der Waals surface area contributed by atoms with Crippen LogP contribution in [0.5, 0.6) is 0 Å². The first kappa shape index (κ1) is 23.6. The van der Waals surface area contributed by atoms with Crippen molar-refractivity contribution in [2.45, 2.75) is 69.6 Å². The van der Waals surface area contributed by atoms with E-state index < -0.39 is 11.9 Å². The number of carbonyl (C=O) groups is 1. The lowest BCUT2D eigenvalue weighted by Gasteiger charge is -2.33. The number of nitrogens with one attached hydrogen (secondary N) is 1. The number of ether oxygens (including phenoxy) is 1. The standard InChI is InChI=1S/C26H28Cl2FN3O2/c27-17-11-9-16(10-12-17)25-31-21-15-20(29)19(28)14-22(21)32(25)24(23-8-4-5-13-34-23)26(33)30-18-6-2-1-3-7-18/h9-12,14-15,18,23-24H,1-8,13H2,(H,30,33)/t23-,24-/m0/s1. The molecule has 2 fully saturated rings. The van der Waals surface area contributed by atoms with Crippen LogP contribution in [0, 0.1) is 5.82 Å². The highest BCUT2D eigenvalue weighted by Crippen LogP contribution is 2.36. The fraction of sp³-hybridized carbons (Fsp3) is 0.462. The van der Waals surface area contributed by atoms with Crippen LogP contribution in [0.15, 0.2) is 36.4 Å². The molecule has 5 rings (SSSR count). The number of rotatable bonds is 5. The summed E-state index contributed by atoms with van der Waals surface area (Å²) >= 11 is 12.3. The Morgan fingerprint density at radius 1 is 1.06 bits per heavy atom. The van der Waals surface area contributed by atoms with Gasteiger partial charge in [-0.25, -0.2) is 9.37 Å². The van der Waals surface area contributed by atoms with Gasteiger partial charge in [0.1, 0.15) is 17.7 Å². The molecule has 0 spiro atoms. The molecule has 1 saturated carbocycles. The van der Waals surface area contributed by atoms with E-state index in [1.54, 1.807) is 18.2 Å². The van der Waals surface area contributed by atoms with Crippen LogP contribution >= 0.6 is 23.2 Å². The SMILES string of the molecule is O=C(NC1CCCCC1)[C@H]([C@@H]1CCCCO1)n1c(-c2ccc(Cl)cc2)nc2cc(F)c(Cl)cc21. The average Bonchev–Trinajstić information content (AvgIpc) is 3.19. The highest BCUT2D eigenvalue weighted by molar-refractivity contribution is 6.31. The zero-order valence-corrected chi connectivity index (χ0v) is 20.4. The summed E-state index contributed by atoms with van der Waals surface area (Å²) in [6.45, 7) is 0.607. The second kappa shape index (κ2) is 10.2. The van der Waals surface area contributed by atoms with Crippen LogP contribution in [0.4, 0.5) is 4.39 Å². The summed E-state index contributed by atoms with van der Waals surface area (Å²) in [4.78, 5) is 18.6. The predicted molar refractivity (Wildman–Crippen MR) is 133 cm³/mol. The Morgan fingerprint density at radius 2 is 1.79 bits per heavy atom. The maximum Gasteiger partial charge on any atom is 0.246 e. The number of imidazole rings is 1. The van der Waals surface area contributed by atoms with Crippen LogP contribution in [0.3, 0.4) is 0 Å². The van der Waals surface area contributed by atoms with Gasteiger partial charge in [-0.2, -0.15) is 0 Å². The summed E-state index contributed by atoms with van der Waals surface area (Å²) in [6, 6.07) is 9.66. The molecule has 1 aliphatic carbocycles. The minimum atomic E-state index is -0.653. The number of hydrogen-bond acceptors (Lipinski definition) is 3. The fourth-order valence-corrected chi connectivity index (χ4v) is 5.46. The quantitative estimate of drug-likeness (QED) is 0.420. The van der Waals surface area contributed by atoms with Crippen molar-refractivity contribution in [3.8, 4) is 11.4 Å². The molecule has 3 aromatic rings. The van der Waals surface area contributed by atoms with Crippen molar-refractivity contribution in [2.75, 3.05) is 6.61 Å². The molecule has 1 N–H and O–H groups in total. The van der Waals surface area contributed by atoms with E-state index >= 15 is 0 Å². The number of carbonyl (C=O) groups excluding carboxylic acids is 1. The Hall–Kier alpha value is -2.15. The molecule has 1 aromatic heterocycles. The molecule has 0 unspecified atom stereocenters. The molecule has 180 valence electrons. The number of amides is 1. The van der Waals surface area contributed by atoms with Gasteiger partial charge in [-0.15, -0.1) is 0 Å². The van der Waals surface area contributed by atoms with Crippen LogP contribution in [-0.2, 0) is 9.53 Å². The molecule has 5 nitrogen and oxygen atoms in total. The average molecular weight is 504 g/mol. The Labute approximate surface area is 208 Å². The van der Waals surface area contributed by atoms with Gasteiger partial charge in [0, 0.05) is 29.3 Å². The minimum absolute atomic E-state index is 0.00712. The van der Waals surface area contributed by atoms with Crippen LogP contribution in [0.1, 0.15) is 57.4 Å². The molecule has 2 atom stereocenters. The third-order valence-corrected chi connectivity index (χ3v) is 7.44. The van der Waals surface area contributed by atoms with Gasteiger partial charge in [0.25, 0.3) is 0 Å². The van der Waals surface area contributed by atoms with E-state index in [2.05, 4.69) is 5.32 Å². The Bertz CT molecular complexity index is 1170. The van der Waals surface area contributed by atoms with E-state index in [4.69, 9.17) is 32.9 Å². The lowest BCUT2D eigenvalue weighted by Crippen LogP contribution is -2.46. The summed E-state index contributed by atoms with van der Waals surface area (Å²) in [5, 5.41) is 3.88. The van der Waals surface area contributed by atoms with Crippen LogP contribution in [0.2, 0.25) is 10.0 Å². The number of benzene rings is 2. The third-order valence-electron chi connectivity index (χ3n) is 6.90. The minimum Gasteiger partial charge on any atom is -0.376 e. The molecule has 2 aliphatic rings. The monoisotopic (exact) mass is 503 g/mol. The van der Waals surface area contributed by atoms with E-state index in [9.17, 15) is 9.18 Å². The van der Waals surface area contributed by atoms with E-state index in [0.717, 1.165) is 50.5 Å². The molecule has 1 aliphatic heterocycles. The highest BCUT2D eigenvalue weighted by atomic mass is 35.5. The van der Waals surface area contributed by atoms with Crippen LogP contribution in [0.25, 0.3) is 22.4 Å². The van der Waals surface area contributed by atoms with Gasteiger partial charge < -0.3 is 14.6 Å². The molecule has 0 radical (unpaired) electrons. The lowest BCUT2D eigenvalue weighted by atomic mass is 9.94. The summed E-state index contributed by atoms with van der Waals surface area (Å²) in [5.74, 6) is -0.0707. The summed E-state index contributed by atoms with van der Waals surface area (Å²) in [5.41, 5.74) is 1.83. The summed E-state index contributed by atoms with van der Waals surface area (Å²) in [6.07, 6.45) is 7.81. The van der Waals surface area contributed by atoms with Crippen molar-refractivity contribution in [1.29, 1.82) is 0 Å². The molecule has 0 bridgehead atoms. The smallest absolute Gasteiger partial charge is 0.246 e. The van der Waals surface area contributed by atoms with Crippen molar-refractivity contribution in [3.63, 3.8) is 0 Å². The first-order valence-corrected chi connectivity index (χ1v) is 12.8. The molecule has 2 aromatic carbocycles. The third kappa shape index (κ3) is 4.81. The lowest BCUT2D eigenvalue weighted by molar-refractivity contribution is -0.131. The number of halogens is 3. The Kier molecular flexibility index (Phi) is 7.09. The Balaban J connectivity index is 1.65. The molecule has 8 heteroatoms. The molecular weight excluding hydrogens is 476 g/mol. The normalized spacial score (nSPS) is 20.4. The zero-order chi connectivity index (χ0) is 23.7. The number of aromatic nitrogens is 2. The molecular formula is C26H28Cl2FN3O2. The highest BCUT2D eigenvalue weighted by Gasteiger charge is 2.36. The second-order valence-corrected chi connectivity index (χ2v) is 10.1. The van der Waals surface area contributed by atoms with Gasteiger partial charge in [-0.1, -0.05) is 42.5 Å². The van der Waals surface area contributed by atoms with Gasteiger partial charge >= 0.3 is 0 Å². The van der Waals surface area contributed by atoms with Crippen molar-refractivity contribution < 1.29 is 13.9 Å².